The van der Waals surface area contributed by atoms with Crippen LogP contribution in [0.1, 0.15) is 5.69 Å². The number of hydrogen-bond donors (Lipinski definition) is 0. The van der Waals surface area contributed by atoms with E-state index in [-0.39, 0.29) is 0 Å². The maximum absolute atomic E-state index is 5.22. The van der Waals surface area contributed by atoms with Crippen molar-refractivity contribution in [3.05, 3.63) is 34.7 Å². The summed E-state index contributed by atoms with van der Waals surface area (Å²) >= 11 is 3.39. The Balaban J connectivity index is 2.85. The zero-order valence-corrected chi connectivity index (χ0v) is 7.75. The Morgan fingerprint density at radius 1 is 1.58 bits per heavy atom. The molecule has 0 bridgehead atoms. The fourth-order valence-electron chi connectivity index (χ4n) is 1.05. The summed E-state index contributed by atoms with van der Waals surface area (Å²) < 4.78 is 2.84. The molecule has 0 saturated carbocycles. The molecule has 0 aliphatic carbocycles. The Bertz CT molecular complexity index is 465. The molecular weight excluding hydrogens is 216 g/mol. The van der Waals surface area contributed by atoms with Crippen LogP contribution in [0.5, 0.6) is 0 Å². The summed E-state index contributed by atoms with van der Waals surface area (Å²) in [6.07, 6.45) is 8.95. The van der Waals surface area contributed by atoms with Gasteiger partial charge >= 0.3 is 0 Å². The molecule has 12 heavy (non-hydrogen) atoms. The van der Waals surface area contributed by atoms with Gasteiger partial charge in [0.2, 0.25) is 0 Å². The minimum absolute atomic E-state index is 0.655. The number of rotatable bonds is 0. The van der Waals surface area contributed by atoms with Crippen molar-refractivity contribution in [3.8, 4) is 12.3 Å². The van der Waals surface area contributed by atoms with Crippen LogP contribution in [-0.2, 0) is 0 Å². The first-order chi connectivity index (χ1) is 5.81. The van der Waals surface area contributed by atoms with Gasteiger partial charge in [0.1, 0.15) is 5.69 Å². The molecule has 2 heterocycles. The molecule has 0 spiro atoms. The standard InChI is InChI=1S/C9H5BrN2/c1-2-7-6-12-5-3-4-8(10)9(12)11-7/h1,3-6H. The first-order valence-electron chi connectivity index (χ1n) is 3.41. The quantitative estimate of drug-likeness (QED) is 0.622. The minimum atomic E-state index is 0.655. The summed E-state index contributed by atoms with van der Waals surface area (Å²) in [6.45, 7) is 0. The van der Waals surface area contributed by atoms with Crippen LogP contribution in [0.3, 0.4) is 0 Å². The molecule has 0 aromatic carbocycles. The highest BCUT2D eigenvalue weighted by Crippen LogP contribution is 2.16. The van der Waals surface area contributed by atoms with Crippen LogP contribution in [0.25, 0.3) is 5.65 Å². The number of imidazole rings is 1. The summed E-state index contributed by atoms with van der Waals surface area (Å²) in [4.78, 5) is 4.21. The molecule has 0 aliphatic rings. The predicted molar refractivity (Wildman–Crippen MR) is 50.8 cm³/mol. The van der Waals surface area contributed by atoms with Gasteiger partial charge in [-0.05, 0) is 34.0 Å². The molecule has 2 aromatic rings. The second kappa shape index (κ2) is 2.65. The lowest BCUT2D eigenvalue weighted by atomic mass is 10.5. The Labute approximate surface area is 78.4 Å². The SMILES string of the molecule is C#Cc1cn2cccc(Br)c2n1. The number of hydrogen-bond acceptors (Lipinski definition) is 1. The topological polar surface area (TPSA) is 17.3 Å². The van der Waals surface area contributed by atoms with Crippen molar-refractivity contribution < 1.29 is 0 Å². The lowest BCUT2D eigenvalue weighted by Gasteiger charge is -1.92. The van der Waals surface area contributed by atoms with Crippen LogP contribution in [0.4, 0.5) is 0 Å². The van der Waals surface area contributed by atoms with E-state index in [9.17, 15) is 0 Å². The molecule has 3 heteroatoms. The number of nitrogens with zero attached hydrogens (tertiary/aromatic N) is 2. The monoisotopic (exact) mass is 220 g/mol. The van der Waals surface area contributed by atoms with E-state index in [2.05, 4.69) is 26.8 Å². The second-order valence-corrected chi connectivity index (χ2v) is 3.21. The fourth-order valence-corrected chi connectivity index (χ4v) is 1.49. The first kappa shape index (κ1) is 7.38. The molecule has 0 radical (unpaired) electrons. The van der Waals surface area contributed by atoms with Gasteiger partial charge in [0.05, 0.1) is 4.47 Å². The molecule has 58 valence electrons. The largest absolute Gasteiger partial charge is 0.305 e. The zero-order chi connectivity index (χ0) is 8.55. The average molecular weight is 221 g/mol. The van der Waals surface area contributed by atoms with E-state index >= 15 is 0 Å². The fraction of sp³-hybridized carbons (Fsp3) is 0. The predicted octanol–water partition coefficient (Wildman–Crippen LogP) is 2.08. The molecule has 2 rings (SSSR count). The van der Waals surface area contributed by atoms with Gasteiger partial charge in [0.15, 0.2) is 5.65 Å². The van der Waals surface area contributed by atoms with Crippen molar-refractivity contribution in [1.29, 1.82) is 0 Å². The zero-order valence-electron chi connectivity index (χ0n) is 6.16. The number of terminal acetylenes is 1. The van der Waals surface area contributed by atoms with E-state index in [1.54, 1.807) is 0 Å². The van der Waals surface area contributed by atoms with Crippen LogP contribution >= 0.6 is 15.9 Å². The van der Waals surface area contributed by atoms with Crippen molar-refractivity contribution in [1.82, 2.24) is 9.38 Å². The van der Waals surface area contributed by atoms with E-state index in [1.165, 1.54) is 0 Å². The van der Waals surface area contributed by atoms with E-state index in [1.807, 2.05) is 28.9 Å². The third-order valence-electron chi connectivity index (χ3n) is 1.58. The lowest BCUT2D eigenvalue weighted by molar-refractivity contribution is 1.18. The van der Waals surface area contributed by atoms with Crippen molar-refractivity contribution in [2.24, 2.45) is 0 Å². The van der Waals surface area contributed by atoms with Crippen LogP contribution in [0.15, 0.2) is 29.0 Å². The van der Waals surface area contributed by atoms with Gasteiger partial charge in [0.25, 0.3) is 0 Å². The number of fused-ring (bicyclic) bond motifs is 1. The van der Waals surface area contributed by atoms with Gasteiger partial charge in [0, 0.05) is 12.4 Å². The van der Waals surface area contributed by atoms with E-state index in [0.29, 0.717) is 5.69 Å². The highest BCUT2D eigenvalue weighted by atomic mass is 79.9. The third-order valence-corrected chi connectivity index (χ3v) is 2.20. The van der Waals surface area contributed by atoms with Gasteiger partial charge in [-0.1, -0.05) is 0 Å². The number of aromatic nitrogens is 2. The van der Waals surface area contributed by atoms with Crippen LogP contribution in [-0.4, -0.2) is 9.38 Å². The van der Waals surface area contributed by atoms with Gasteiger partial charge in [-0.2, -0.15) is 0 Å². The van der Waals surface area contributed by atoms with Crippen LogP contribution in [0.2, 0.25) is 0 Å². The molecule has 0 saturated heterocycles. The molecule has 2 nitrogen and oxygen atoms in total. The summed E-state index contributed by atoms with van der Waals surface area (Å²) in [5.74, 6) is 2.49. The Morgan fingerprint density at radius 3 is 3.08 bits per heavy atom. The molecular formula is C9H5BrN2. The molecule has 0 aliphatic heterocycles. The Kier molecular flexibility index (Phi) is 1.63. The van der Waals surface area contributed by atoms with Crippen molar-refractivity contribution in [2.45, 2.75) is 0 Å². The second-order valence-electron chi connectivity index (χ2n) is 2.36. The molecule has 0 amide bonds. The van der Waals surface area contributed by atoms with Gasteiger partial charge < -0.3 is 4.40 Å². The first-order valence-corrected chi connectivity index (χ1v) is 4.20. The average Bonchev–Trinajstić information content (AvgIpc) is 2.49. The molecule has 0 atom stereocenters. The van der Waals surface area contributed by atoms with E-state index in [4.69, 9.17) is 6.42 Å². The maximum atomic E-state index is 5.22. The summed E-state index contributed by atoms with van der Waals surface area (Å²) in [5, 5.41) is 0. The summed E-state index contributed by atoms with van der Waals surface area (Å²) in [7, 11) is 0. The highest BCUT2D eigenvalue weighted by Gasteiger charge is 2.00. The maximum Gasteiger partial charge on any atom is 0.152 e. The lowest BCUT2D eigenvalue weighted by Crippen LogP contribution is -1.80. The van der Waals surface area contributed by atoms with Gasteiger partial charge in [-0.15, -0.1) is 6.42 Å². The number of halogens is 1. The Hall–Kier alpha value is -1.27. The molecule has 0 N–H and O–H groups in total. The Morgan fingerprint density at radius 2 is 2.42 bits per heavy atom. The third kappa shape index (κ3) is 1.01. The van der Waals surface area contributed by atoms with Gasteiger partial charge in [-0.3, -0.25) is 0 Å². The smallest absolute Gasteiger partial charge is 0.152 e. The minimum Gasteiger partial charge on any atom is -0.305 e. The van der Waals surface area contributed by atoms with E-state index < -0.39 is 0 Å². The van der Waals surface area contributed by atoms with Crippen molar-refractivity contribution >= 4 is 21.6 Å². The van der Waals surface area contributed by atoms with Crippen molar-refractivity contribution in [3.63, 3.8) is 0 Å². The van der Waals surface area contributed by atoms with E-state index in [0.717, 1.165) is 10.1 Å². The molecule has 0 unspecified atom stereocenters. The summed E-state index contributed by atoms with van der Waals surface area (Å²) in [6, 6.07) is 3.86. The highest BCUT2D eigenvalue weighted by molar-refractivity contribution is 9.10. The normalized spacial score (nSPS) is 10.0. The number of pyridine rings is 1. The van der Waals surface area contributed by atoms with Crippen molar-refractivity contribution in [2.75, 3.05) is 0 Å². The molecule has 0 fully saturated rings. The van der Waals surface area contributed by atoms with Gasteiger partial charge in [-0.25, -0.2) is 4.98 Å². The van der Waals surface area contributed by atoms with Crippen LogP contribution in [0, 0.1) is 12.3 Å². The summed E-state index contributed by atoms with van der Waals surface area (Å²) in [5.41, 5.74) is 1.51. The molecule has 2 aromatic heterocycles. The van der Waals surface area contributed by atoms with Crippen LogP contribution < -0.4 is 0 Å².